The van der Waals surface area contributed by atoms with E-state index in [9.17, 15) is 18.4 Å². The molecule has 3 aromatic rings. The van der Waals surface area contributed by atoms with Gasteiger partial charge in [-0.1, -0.05) is 19.9 Å². The van der Waals surface area contributed by atoms with Gasteiger partial charge in [0, 0.05) is 6.54 Å². The maximum Gasteiger partial charge on any atom is 0.262 e. The van der Waals surface area contributed by atoms with E-state index in [1.165, 1.54) is 31.4 Å². The number of benzene rings is 2. The predicted octanol–water partition coefficient (Wildman–Crippen LogP) is 2.29. The van der Waals surface area contributed by atoms with Gasteiger partial charge in [0.1, 0.15) is 11.8 Å². The first-order chi connectivity index (χ1) is 14.3. The van der Waals surface area contributed by atoms with E-state index in [1.54, 1.807) is 43.9 Å². The number of carbonyl (C=O) groups excluding carboxylic acids is 1. The first-order valence-corrected chi connectivity index (χ1v) is 10.7. The molecule has 10 heteroatoms. The SMILES string of the molecule is COc1ccc(S(=O)(=O)N(Cc2ccc3[nH]cnc3c2)C(C(=O)NO)C(C)C)cc1. The minimum absolute atomic E-state index is 0.0144. The molecule has 0 aliphatic carbocycles. The number of nitrogens with zero attached hydrogens (tertiary/aromatic N) is 2. The van der Waals surface area contributed by atoms with Crippen molar-refractivity contribution in [2.45, 2.75) is 31.3 Å². The molecule has 2 aromatic carbocycles. The number of carbonyl (C=O) groups is 1. The van der Waals surface area contributed by atoms with Crippen LogP contribution in [0.15, 0.2) is 53.7 Å². The number of hydroxylamine groups is 1. The molecule has 9 nitrogen and oxygen atoms in total. The third-order valence-electron chi connectivity index (χ3n) is 4.81. The summed E-state index contributed by atoms with van der Waals surface area (Å²) in [5, 5.41) is 9.24. The Morgan fingerprint density at radius 3 is 2.53 bits per heavy atom. The molecule has 160 valence electrons. The molecule has 0 aliphatic heterocycles. The van der Waals surface area contributed by atoms with Gasteiger partial charge in [-0.2, -0.15) is 4.31 Å². The van der Waals surface area contributed by atoms with E-state index in [-0.39, 0.29) is 11.4 Å². The largest absolute Gasteiger partial charge is 0.497 e. The summed E-state index contributed by atoms with van der Waals surface area (Å²) in [5.74, 6) is -0.694. The molecule has 0 radical (unpaired) electrons. The van der Waals surface area contributed by atoms with E-state index in [2.05, 4.69) is 9.97 Å². The van der Waals surface area contributed by atoms with Gasteiger partial charge in [0.2, 0.25) is 10.0 Å². The standard InChI is InChI=1S/C20H24N4O5S/c1-13(2)19(20(25)23-26)24(11-14-4-9-17-18(10-14)22-12-21-17)30(27,28)16-7-5-15(29-3)6-8-16/h4-10,12-13,19,26H,11H2,1-3H3,(H,21,22)(H,23,25). The zero-order valence-electron chi connectivity index (χ0n) is 16.9. The Bertz CT molecular complexity index is 1130. The first kappa shape index (κ1) is 21.8. The smallest absolute Gasteiger partial charge is 0.262 e. The normalized spacial score (nSPS) is 13.0. The molecule has 1 aromatic heterocycles. The Labute approximate surface area is 174 Å². The Morgan fingerprint density at radius 1 is 1.23 bits per heavy atom. The number of ether oxygens (including phenoxy) is 1. The van der Waals surface area contributed by atoms with Gasteiger partial charge in [-0.05, 0) is 47.9 Å². The summed E-state index contributed by atoms with van der Waals surface area (Å²) in [4.78, 5) is 19.6. The minimum Gasteiger partial charge on any atom is -0.497 e. The van der Waals surface area contributed by atoms with E-state index in [1.807, 2.05) is 0 Å². The van der Waals surface area contributed by atoms with E-state index in [4.69, 9.17) is 4.74 Å². The van der Waals surface area contributed by atoms with Crippen LogP contribution < -0.4 is 10.2 Å². The van der Waals surface area contributed by atoms with Crippen molar-refractivity contribution >= 4 is 27.0 Å². The molecule has 0 spiro atoms. The molecule has 3 N–H and O–H groups in total. The summed E-state index contributed by atoms with van der Waals surface area (Å²) in [7, 11) is -2.60. The van der Waals surface area contributed by atoms with Gasteiger partial charge in [-0.3, -0.25) is 10.0 Å². The molecule has 1 amide bonds. The monoisotopic (exact) mass is 432 g/mol. The molecule has 3 rings (SSSR count). The number of hydrogen-bond donors (Lipinski definition) is 3. The minimum atomic E-state index is -4.09. The molecule has 0 saturated heterocycles. The van der Waals surface area contributed by atoms with E-state index < -0.39 is 27.9 Å². The summed E-state index contributed by atoms with van der Waals surface area (Å²) >= 11 is 0. The van der Waals surface area contributed by atoms with Crippen LogP contribution in [0.2, 0.25) is 0 Å². The van der Waals surface area contributed by atoms with Gasteiger partial charge in [0.05, 0.1) is 29.4 Å². The first-order valence-electron chi connectivity index (χ1n) is 9.29. The van der Waals surface area contributed by atoms with Crippen LogP contribution in [-0.2, 0) is 21.4 Å². The highest BCUT2D eigenvalue weighted by Crippen LogP contribution is 2.27. The molecule has 30 heavy (non-hydrogen) atoms. The third kappa shape index (κ3) is 4.30. The molecule has 0 aliphatic rings. The van der Waals surface area contributed by atoms with Crippen LogP contribution in [0.4, 0.5) is 0 Å². The topological polar surface area (TPSA) is 125 Å². The van der Waals surface area contributed by atoms with Gasteiger partial charge in [0.25, 0.3) is 5.91 Å². The number of hydrogen-bond acceptors (Lipinski definition) is 6. The maximum absolute atomic E-state index is 13.5. The Balaban J connectivity index is 2.08. The average molecular weight is 433 g/mol. The number of nitrogens with one attached hydrogen (secondary N) is 2. The summed E-state index contributed by atoms with van der Waals surface area (Å²) in [6.07, 6.45) is 1.55. The van der Waals surface area contributed by atoms with Crippen LogP contribution in [0.5, 0.6) is 5.75 Å². The summed E-state index contributed by atoms with van der Waals surface area (Å²) in [6.45, 7) is 3.36. The zero-order valence-corrected chi connectivity index (χ0v) is 17.7. The molecule has 1 heterocycles. The van der Waals surface area contributed by atoms with Crippen LogP contribution in [0.25, 0.3) is 11.0 Å². The molecule has 0 fully saturated rings. The fourth-order valence-corrected chi connectivity index (χ4v) is 5.01. The number of sulfonamides is 1. The number of amides is 1. The van der Waals surface area contributed by atoms with Crippen molar-refractivity contribution in [1.82, 2.24) is 19.8 Å². The summed E-state index contributed by atoms with van der Waals surface area (Å²) in [6, 6.07) is 10.1. The number of fused-ring (bicyclic) bond motifs is 1. The second-order valence-electron chi connectivity index (χ2n) is 7.14. The van der Waals surface area contributed by atoms with Crippen molar-refractivity contribution in [3.63, 3.8) is 0 Å². The lowest BCUT2D eigenvalue weighted by atomic mass is 10.0. The van der Waals surface area contributed by atoms with Crippen LogP contribution >= 0.6 is 0 Å². The van der Waals surface area contributed by atoms with Crippen LogP contribution in [0.1, 0.15) is 19.4 Å². The lowest BCUT2D eigenvalue weighted by molar-refractivity contribution is -0.134. The van der Waals surface area contributed by atoms with Gasteiger partial charge < -0.3 is 9.72 Å². The zero-order chi connectivity index (χ0) is 21.9. The lowest BCUT2D eigenvalue weighted by Gasteiger charge is -2.32. The van der Waals surface area contributed by atoms with Crippen molar-refractivity contribution in [2.75, 3.05) is 7.11 Å². The van der Waals surface area contributed by atoms with Gasteiger partial charge in [-0.25, -0.2) is 18.9 Å². The highest BCUT2D eigenvalue weighted by molar-refractivity contribution is 7.89. The number of H-pyrrole nitrogens is 1. The Morgan fingerprint density at radius 2 is 1.93 bits per heavy atom. The van der Waals surface area contributed by atoms with E-state index >= 15 is 0 Å². The fourth-order valence-electron chi connectivity index (χ4n) is 3.30. The fraction of sp³-hybridized carbons (Fsp3) is 0.300. The summed E-state index contributed by atoms with van der Waals surface area (Å²) < 4.78 is 33.2. The van der Waals surface area contributed by atoms with E-state index in [0.29, 0.717) is 16.8 Å². The lowest BCUT2D eigenvalue weighted by Crippen LogP contribution is -2.51. The van der Waals surface area contributed by atoms with Crippen LogP contribution in [-0.4, -0.2) is 47.0 Å². The maximum atomic E-state index is 13.5. The average Bonchev–Trinajstić information content (AvgIpc) is 3.20. The van der Waals surface area contributed by atoms with Gasteiger partial charge >= 0.3 is 0 Å². The molecule has 1 unspecified atom stereocenters. The molecule has 1 atom stereocenters. The quantitative estimate of drug-likeness (QED) is 0.371. The van der Waals surface area contributed by atoms with Crippen LogP contribution in [0.3, 0.4) is 0 Å². The second kappa shape index (κ2) is 8.82. The molecular formula is C20H24N4O5S. The van der Waals surface area contributed by atoms with Crippen molar-refractivity contribution in [2.24, 2.45) is 5.92 Å². The highest BCUT2D eigenvalue weighted by Gasteiger charge is 2.38. The van der Waals surface area contributed by atoms with Crippen LogP contribution in [0, 0.1) is 5.92 Å². The van der Waals surface area contributed by atoms with Crippen molar-refractivity contribution < 1.29 is 23.2 Å². The Hall–Kier alpha value is -2.95. The number of methoxy groups -OCH3 is 1. The van der Waals surface area contributed by atoms with Crippen molar-refractivity contribution in [1.29, 1.82) is 0 Å². The number of aromatic amines is 1. The van der Waals surface area contributed by atoms with E-state index in [0.717, 1.165) is 9.82 Å². The Kier molecular flexibility index (Phi) is 6.40. The third-order valence-corrected chi connectivity index (χ3v) is 6.65. The molecule has 0 bridgehead atoms. The molecule has 0 saturated carbocycles. The number of imidazole rings is 1. The second-order valence-corrected chi connectivity index (χ2v) is 9.04. The predicted molar refractivity (Wildman–Crippen MR) is 110 cm³/mol. The highest BCUT2D eigenvalue weighted by atomic mass is 32.2. The van der Waals surface area contributed by atoms with Gasteiger partial charge in [-0.15, -0.1) is 0 Å². The van der Waals surface area contributed by atoms with Crippen molar-refractivity contribution in [3.8, 4) is 5.75 Å². The summed E-state index contributed by atoms with van der Waals surface area (Å²) in [5.41, 5.74) is 3.75. The number of aromatic nitrogens is 2. The molecular weight excluding hydrogens is 408 g/mol. The van der Waals surface area contributed by atoms with Gasteiger partial charge in [0.15, 0.2) is 0 Å². The number of rotatable bonds is 8. The van der Waals surface area contributed by atoms with Crippen molar-refractivity contribution in [3.05, 3.63) is 54.4 Å².